The Kier molecular flexibility index (Phi) is 7.28. The summed E-state index contributed by atoms with van der Waals surface area (Å²) in [6.45, 7) is 10.9. The molecule has 0 saturated carbocycles. The fourth-order valence-corrected chi connectivity index (χ4v) is 3.41. The fourth-order valence-electron chi connectivity index (χ4n) is 3.41. The average molecular weight is 494 g/mol. The monoisotopic (exact) mass is 493 g/mol. The molecule has 0 saturated heterocycles. The van der Waals surface area contributed by atoms with Crippen LogP contribution in [0.1, 0.15) is 61.2 Å². The van der Waals surface area contributed by atoms with Gasteiger partial charge in [-0.25, -0.2) is 4.68 Å². The molecule has 190 valence electrons. The number of alkyl halides is 3. The van der Waals surface area contributed by atoms with E-state index in [9.17, 15) is 18.0 Å². The van der Waals surface area contributed by atoms with E-state index < -0.39 is 19.2 Å². The van der Waals surface area contributed by atoms with E-state index in [1.54, 1.807) is 12.1 Å². The zero-order chi connectivity index (χ0) is 26.1. The standard InChI is InChI=1S/C24H30F3N5O3/c1-7-34-21-15(3)14(2)20-29-31(22(28)32(20)30-21)13-19(33)16-10-17(23(4,5)6)12-18(11-16)35-9-8-24(25,26)27/h10-12,28H,7-9,13H2,1-6H3. The van der Waals surface area contributed by atoms with Crippen molar-refractivity contribution in [3.8, 4) is 11.6 Å². The Morgan fingerprint density at radius 3 is 2.34 bits per heavy atom. The van der Waals surface area contributed by atoms with Gasteiger partial charge in [-0.1, -0.05) is 20.8 Å². The normalized spacial score (nSPS) is 12.3. The first-order valence-electron chi connectivity index (χ1n) is 11.2. The molecular formula is C24H30F3N5O3. The molecule has 3 aromatic rings. The van der Waals surface area contributed by atoms with Gasteiger partial charge in [-0.05, 0) is 49.9 Å². The third kappa shape index (κ3) is 6.01. The molecule has 1 N–H and O–H groups in total. The first-order valence-corrected chi connectivity index (χ1v) is 11.2. The molecule has 11 heteroatoms. The Labute approximate surface area is 201 Å². The molecule has 0 radical (unpaired) electrons. The van der Waals surface area contributed by atoms with Crippen molar-refractivity contribution in [2.75, 3.05) is 13.2 Å². The van der Waals surface area contributed by atoms with Gasteiger partial charge in [-0.15, -0.1) is 10.2 Å². The van der Waals surface area contributed by atoms with Crippen molar-refractivity contribution in [2.24, 2.45) is 0 Å². The molecule has 0 unspecified atom stereocenters. The van der Waals surface area contributed by atoms with Crippen LogP contribution in [0.4, 0.5) is 13.2 Å². The summed E-state index contributed by atoms with van der Waals surface area (Å²) in [7, 11) is 0. The smallest absolute Gasteiger partial charge is 0.392 e. The number of benzene rings is 1. The van der Waals surface area contributed by atoms with Crippen LogP contribution in [-0.2, 0) is 12.0 Å². The predicted molar refractivity (Wildman–Crippen MR) is 123 cm³/mol. The number of ether oxygens (including phenoxy) is 2. The summed E-state index contributed by atoms with van der Waals surface area (Å²) in [6.07, 6.45) is -5.43. The number of carbonyl (C=O) groups is 1. The molecule has 2 heterocycles. The van der Waals surface area contributed by atoms with Crippen molar-refractivity contribution >= 4 is 11.4 Å². The van der Waals surface area contributed by atoms with Gasteiger partial charge in [0.15, 0.2) is 11.4 Å². The van der Waals surface area contributed by atoms with Crippen molar-refractivity contribution in [1.29, 1.82) is 5.41 Å². The number of aromatic nitrogens is 4. The number of nitrogens with one attached hydrogen (secondary N) is 1. The highest BCUT2D eigenvalue weighted by Gasteiger charge is 2.27. The zero-order valence-corrected chi connectivity index (χ0v) is 20.7. The minimum absolute atomic E-state index is 0.106. The van der Waals surface area contributed by atoms with Crippen LogP contribution >= 0.6 is 0 Å². The Morgan fingerprint density at radius 2 is 1.74 bits per heavy atom. The number of ketones is 1. The summed E-state index contributed by atoms with van der Waals surface area (Å²) in [6, 6.07) is 4.76. The topological polar surface area (TPSA) is 94.5 Å². The molecule has 3 rings (SSSR count). The lowest BCUT2D eigenvalue weighted by molar-refractivity contribution is -0.139. The molecule has 0 aliphatic rings. The maximum Gasteiger partial charge on any atom is 0.392 e. The molecule has 0 bridgehead atoms. The van der Waals surface area contributed by atoms with Gasteiger partial charge in [0.25, 0.3) is 0 Å². The molecule has 0 spiro atoms. The second-order valence-electron chi connectivity index (χ2n) is 9.34. The van der Waals surface area contributed by atoms with E-state index in [0.717, 1.165) is 16.7 Å². The lowest BCUT2D eigenvalue weighted by atomic mass is 9.85. The molecular weight excluding hydrogens is 463 g/mol. The summed E-state index contributed by atoms with van der Waals surface area (Å²) < 4.78 is 51.1. The molecule has 35 heavy (non-hydrogen) atoms. The Balaban J connectivity index is 1.95. The first kappa shape index (κ1) is 26.2. The third-order valence-corrected chi connectivity index (χ3v) is 5.59. The lowest BCUT2D eigenvalue weighted by Gasteiger charge is -2.21. The summed E-state index contributed by atoms with van der Waals surface area (Å²) in [5, 5.41) is 17.2. The number of hydrogen-bond acceptors (Lipinski definition) is 6. The zero-order valence-electron chi connectivity index (χ0n) is 20.7. The minimum Gasteiger partial charge on any atom is -0.493 e. The van der Waals surface area contributed by atoms with Gasteiger partial charge in [-0.2, -0.15) is 17.7 Å². The Hall–Kier alpha value is -3.37. The molecule has 0 amide bonds. The van der Waals surface area contributed by atoms with Gasteiger partial charge < -0.3 is 9.47 Å². The highest BCUT2D eigenvalue weighted by molar-refractivity contribution is 5.96. The number of nitrogens with zero attached hydrogens (tertiary/aromatic N) is 4. The number of fused-ring (bicyclic) bond motifs is 1. The largest absolute Gasteiger partial charge is 0.493 e. The van der Waals surface area contributed by atoms with E-state index in [4.69, 9.17) is 14.9 Å². The van der Waals surface area contributed by atoms with Crippen molar-refractivity contribution in [3.05, 3.63) is 46.1 Å². The molecule has 0 atom stereocenters. The van der Waals surface area contributed by atoms with Gasteiger partial charge in [0, 0.05) is 16.7 Å². The number of halogens is 3. The van der Waals surface area contributed by atoms with Gasteiger partial charge in [0.2, 0.25) is 11.5 Å². The number of aryl methyl sites for hydroxylation is 1. The summed E-state index contributed by atoms with van der Waals surface area (Å²) in [4.78, 5) is 13.2. The van der Waals surface area contributed by atoms with E-state index >= 15 is 0 Å². The van der Waals surface area contributed by atoms with Gasteiger partial charge >= 0.3 is 6.18 Å². The fraction of sp³-hybridized carbons (Fsp3) is 0.500. The molecule has 1 aromatic carbocycles. The first-order chi connectivity index (χ1) is 16.2. The van der Waals surface area contributed by atoms with Crippen LogP contribution in [-0.4, -0.2) is 44.6 Å². The predicted octanol–water partition coefficient (Wildman–Crippen LogP) is 4.54. The van der Waals surface area contributed by atoms with Gasteiger partial charge in [-0.3, -0.25) is 10.2 Å². The number of rotatable bonds is 8. The third-order valence-electron chi connectivity index (χ3n) is 5.59. The highest BCUT2D eigenvalue weighted by Crippen LogP contribution is 2.29. The van der Waals surface area contributed by atoms with E-state index in [0.29, 0.717) is 18.1 Å². The van der Waals surface area contributed by atoms with Crippen LogP contribution < -0.4 is 15.1 Å². The molecule has 2 aromatic heterocycles. The molecule has 0 aliphatic carbocycles. The number of Topliss-reactive ketones (excluding diaryl/α,β-unsaturated/α-hetero) is 1. The van der Waals surface area contributed by atoms with Crippen molar-refractivity contribution < 1.29 is 27.4 Å². The highest BCUT2D eigenvalue weighted by atomic mass is 19.4. The van der Waals surface area contributed by atoms with Crippen LogP contribution in [0, 0.1) is 19.3 Å². The van der Waals surface area contributed by atoms with E-state index in [-0.39, 0.29) is 34.7 Å². The van der Waals surface area contributed by atoms with E-state index in [1.807, 2.05) is 41.5 Å². The van der Waals surface area contributed by atoms with Crippen LogP contribution in [0.25, 0.3) is 5.65 Å². The minimum atomic E-state index is -4.34. The van der Waals surface area contributed by atoms with E-state index in [1.165, 1.54) is 15.3 Å². The van der Waals surface area contributed by atoms with Crippen LogP contribution in [0.3, 0.4) is 0 Å². The Morgan fingerprint density at radius 1 is 1.06 bits per heavy atom. The number of hydrogen-bond donors (Lipinski definition) is 1. The Bertz CT molecular complexity index is 1300. The van der Waals surface area contributed by atoms with Crippen LogP contribution in [0.2, 0.25) is 0 Å². The summed E-state index contributed by atoms with van der Waals surface area (Å²) in [5.74, 6) is 0.212. The molecule has 0 fully saturated rings. The van der Waals surface area contributed by atoms with Crippen LogP contribution in [0.5, 0.6) is 11.6 Å². The summed E-state index contributed by atoms with van der Waals surface area (Å²) in [5.41, 5.74) is 2.53. The average Bonchev–Trinajstić information content (AvgIpc) is 3.05. The van der Waals surface area contributed by atoms with E-state index in [2.05, 4.69) is 10.2 Å². The number of carbonyl (C=O) groups excluding carboxylic acids is 1. The van der Waals surface area contributed by atoms with Crippen molar-refractivity contribution in [3.63, 3.8) is 0 Å². The molecule has 0 aliphatic heterocycles. The molecule has 8 nitrogen and oxygen atoms in total. The van der Waals surface area contributed by atoms with Crippen LogP contribution in [0.15, 0.2) is 18.2 Å². The lowest BCUT2D eigenvalue weighted by Crippen LogP contribution is -2.26. The second kappa shape index (κ2) is 9.71. The van der Waals surface area contributed by atoms with Crippen molar-refractivity contribution in [1.82, 2.24) is 19.4 Å². The quantitative estimate of drug-likeness (QED) is 0.465. The van der Waals surface area contributed by atoms with Gasteiger partial charge in [0.1, 0.15) is 12.3 Å². The SMILES string of the molecule is CCOc1nn2c(=N)n(CC(=O)c3cc(OCCC(F)(F)F)cc(C(C)(C)C)c3)nc2c(C)c1C. The van der Waals surface area contributed by atoms with Gasteiger partial charge in [0.05, 0.1) is 19.6 Å². The summed E-state index contributed by atoms with van der Waals surface area (Å²) >= 11 is 0. The maximum atomic E-state index is 13.2. The van der Waals surface area contributed by atoms with Crippen molar-refractivity contribution in [2.45, 2.75) is 66.1 Å². The maximum absolute atomic E-state index is 13.2. The second-order valence-corrected chi connectivity index (χ2v) is 9.34.